The van der Waals surface area contributed by atoms with Crippen LogP contribution in [-0.2, 0) is 0 Å². The van der Waals surface area contributed by atoms with Crippen LogP contribution in [0.2, 0.25) is 0 Å². The number of nitrogens with zero attached hydrogens (tertiary/aromatic N) is 3. The Morgan fingerprint density at radius 2 is 0.816 bits per heavy atom. The third kappa shape index (κ3) is 4.31. The molecule has 0 bridgehead atoms. The minimum absolute atomic E-state index is 0.0610. The number of rotatable bonds is 5. The number of aryl methyl sites for hydroxylation is 3. The molecule has 0 radical (unpaired) electrons. The quantitative estimate of drug-likeness (QED) is 0.136. The molecule has 0 aliphatic heterocycles. The molecule has 4 rings (SSSR count). The highest BCUT2D eigenvalue weighted by molar-refractivity contribution is 5.51. The van der Waals surface area contributed by atoms with Gasteiger partial charge in [-0.15, -0.1) is 0 Å². The van der Waals surface area contributed by atoms with Crippen LogP contribution in [0.4, 0.5) is 0 Å². The minimum Gasteiger partial charge on any atom is -0.494 e. The van der Waals surface area contributed by atoms with Crippen LogP contribution in [0.5, 0.6) is 23.5 Å². The van der Waals surface area contributed by atoms with Crippen LogP contribution in [-0.4, -0.2) is 60.3 Å². The normalized spacial score (nSPS) is 12.1. The molecule has 0 saturated carbocycles. The van der Waals surface area contributed by atoms with Gasteiger partial charge in [0.2, 0.25) is 23.5 Å². The van der Waals surface area contributed by atoms with Crippen molar-refractivity contribution >= 4 is 0 Å². The maximum absolute atomic E-state index is 13.1. The predicted octanol–water partition coefficient (Wildman–Crippen LogP) is -1.98. The van der Waals surface area contributed by atoms with Crippen molar-refractivity contribution in [3.8, 4) is 23.5 Å². The van der Waals surface area contributed by atoms with E-state index in [9.17, 15) is 44.4 Å². The molecule has 0 aliphatic carbocycles. The molecule has 0 aliphatic rings. The Balaban J connectivity index is 2.30. The lowest BCUT2D eigenvalue weighted by Crippen LogP contribution is -2.36. The molecule has 4 heterocycles. The maximum Gasteiger partial charge on any atom is 0.328 e. The first-order valence-electron chi connectivity index (χ1n) is 10.7. The summed E-state index contributed by atoms with van der Waals surface area (Å²) >= 11 is 0. The zero-order chi connectivity index (χ0) is 28.0. The molecule has 0 fully saturated rings. The van der Waals surface area contributed by atoms with Crippen molar-refractivity contribution in [1.82, 2.24) is 39.9 Å². The fourth-order valence-corrected chi connectivity index (χ4v) is 4.31. The average molecular weight is 528 g/mol. The molecule has 9 N–H and O–H groups in total. The van der Waals surface area contributed by atoms with Gasteiger partial charge in [0.25, 0.3) is 22.2 Å². The van der Waals surface area contributed by atoms with Gasteiger partial charge in [0, 0.05) is 11.8 Å². The lowest BCUT2D eigenvalue weighted by Gasteiger charge is -2.27. The van der Waals surface area contributed by atoms with E-state index < -0.39 is 85.5 Å². The highest BCUT2D eigenvalue weighted by atomic mass is 16.3. The number of aromatic nitrogens is 8. The molecule has 198 valence electrons. The fraction of sp³-hybridized carbons (Fsp3) is 0.238. The van der Waals surface area contributed by atoms with Gasteiger partial charge >= 0.3 is 5.69 Å². The van der Waals surface area contributed by atoms with Crippen LogP contribution >= 0.6 is 0 Å². The molecule has 0 spiro atoms. The monoisotopic (exact) mass is 528 g/mol. The number of aromatic hydroxyl groups is 4. The van der Waals surface area contributed by atoms with Gasteiger partial charge in [-0.2, -0.15) is 0 Å². The summed E-state index contributed by atoms with van der Waals surface area (Å²) in [5.41, 5.74) is -8.78. The largest absolute Gasteiger partial charge is 0.494 e. The summed E-state index contributed by atoms with van der Waals surface area (Å²) in [6.07, 6.45) is 0. The highest BCUT2D eigenvalue weighted by Crippen LogP contribution is 2.46. The topological polar surface area (TPSA) is 284 Å². The molecule has 0 aromatic carbocycles. The molecule has 17 nitrogen and oxygen atoms in total. The van der Waals surface area contributed by atoms with Gasteiger partial charge in [-0.25, -0.2) is 19.7 Å². The maximum atomic E-state index is 13.1. The molecular formula is C21H20N8O9. The van der Waals surface area contributed by atoms with Crippen LogP contribution in [0.3, 0.4) is 0 Å². The zero-order valence-corrected chi connectivity index (χ0v) is 19.8. The van der Waals surface area contributed by atoms with Crippen LogP contribution < -0.4 is 27.9 Å². The third-order valence-corrected chi connectivity index (χ3v) is 5.70. The molecular weight excluding hydrogens is 508 g/mol. The Bertz CT molecular complexity index is 1820. The minimum atomic E-state index is -2.06. The average Bonchev–Trinajstić information content (AvgIpc) is 2.74. The molecule has 4 aromatic heterocycles. The summed E-state index contributed by atoms with van der Waals surface area (Å²) in [7, 11) is 0. The first kappa shape index (κ1) is 25.6. The third-order valence-electron chi connectivity index (χ3n) is 5.70. The van der Waals surface area contributed by atoms with Gasteiger partial charge in [0.1, 0.15) is 17.5 Å². The predicted molar refractivity (Wildman–Crippen MR) is 127 cm³/mol. The van der Waals surface area contributed by atoms with Crippen molar-refractivity contribution in [3.05, 3.63) is 91.6 Å². The van der Waals surface area contributed by atoms with Crippen molar-refractivity contribution in [2.75, 3.05) is 0 Å². The summed E-state index contributed by atoms with van der Waals surface area (Å²) in [5, 5.41) is 42.8. The molecule has 0 amide bonds. The van der Waals surface area contributed by atoms with Crippen LogP contribution in [0, 0.1) is 20.8 Å². The molecule has 1 unspecified atom stereocenters. The van der Waals surface area contributed by atoms with E-state index in [0.29, 0.717) is 0 Å². The first-order chi connectivity index (χ1) is 17.8. The summed E-state index contributed by atoms with van der Waals surface area (Å²) < 4.78 is 0. The molecule has 0 saturated heterocycles. The van der Waals surface area contributed by atoms with Crippen LogP contribution in [0.1, 0.15) is 51.6 Å². The molecule has 4 aromatic rings. The van der Waals surface area contributed by atoms with E-state index in [4.69, 9.17) is 0 Å². The fourth-order valence-electron chi connectivity index (χ4n) is 4.31. The number of hydrogen-bond acceptors (Lipinski definition) is 12. The Morgan fingerprint density at radius 3 is 1.13 bits per heavy atom. The van der Waals surface area contributed by atoms with Crippen LogP contribution in [0.15, 0.2) is 24.0 Å². The second-order valence-corrected chi connectivity index (χ2v) is 8.29. The highest BCUT2D eigenvalue weighted by Gasteiger charge is 2.42. The van der Waals surface area contributed by atoms with E-state index in [-0.39, 0.29) is 17.5 Å². The molecule has 17 heteroatoms. The lowest BCUT2D eigenvalue weighted by molar-refractivity contribution is 0.400. The number of H-pyrrole nitrogens is 5. The molecule has 1 atom stereocenters. The van der Waals surface area contributed by atoms with Gasteiger partial charge in [-0.3, -0.25) is 29.1 Å². The van der Waals surface area contributed by atoms with E-state index in [1.165, 1.54) is 20.8 Å². The summed E-state index contributed by atoms with van der Waals surface area (Å²) in [6, 6.07) is 0. The van der Waals surface area contributed by atoms with Gasteiger partial charge in [0.15, 0.2) is 0 Å². The Kier molecular flexibility index (Phi) is 6.19. The Morgan fingerprint density at radius 1 is 0.500 bits per heavy atom. The summed E-state index contributed by atoms with van der Waals surface area (Å²) in [6.45, 7) is 3.98. The van der Waals surface area contributed by atoms with Gasteiger partial charge < -0.3 is 35.4 Å². The second kappa shape index (κ2) is 9.19. The van der Waals surface area contributed by atoms with Crippen molar-refractivity contribution in [3.63, 3.8) is 0 Å². The zero-order valence-electron chi connectivity index (χ0n) is 19.8. The van der Waals surface area contributed by atoms with E-state index in [1.54, 1.807) is 0 Å². The van der Waals surface area contributed by atoms with E-state index in [1.807, 2.05) is 9.97 Å². The first-order valence-corrected chi connectivity index (χ1v) is 10.7. The number of hydrogen-bond donors (Lipinski definition) is 9. The second-order valence-electron chi connectivity index (χ2n) is 8.29. The Labute approximate surface area is 208 Å². The summed E-state index contributed by atoms with van der Waals surface area (Å²) in [5.74, 6) is -8.32. The van der Waals surface area contributed by atoms with Crippen molar-refractivity contribution < 1.29 is 20.4 Å². The lowest BCUT2D eigenvalue weighted by atomic mass is 9.75. The van der Waals surface area contributed by atoms with E-state index >= 15 is 0 Å². The van der Waals surface area contributed by atoms with Gasteiger partial charge in [-0.1, -0.05) is 0 Å². The van der Waals surface area contributed by atoms with Crippen molar-refractivity contribution in [2.45, 2.75) is 32.6 Å². The summed E-state index contributed by atoms with van der Waals surface area (Å²) in [4.78, 5) is 86.1. The smallest absolute Gasteiger partial charge is 0.328 e. The van der Waals surface area contributed by atoms with Crippen molar-refractivity contribution in [1.29, 1.82) is 0 Å². The van der Waals surface area contributed by atoms with Crippen molar-refractivity contribution in [2.24, 2.45) is 0 Å². The standard InChI is InChI=1S/C21H20N8O9/c1-4-22-13(30)9(14(31)23-4)7(10-15(32)24-5(2)25-16(10)33)8(11-17(34)26-6(3)27-18(11)35)12-19(36)28-21(38)29-20(12)37/h7-8H,1-3H3,(H2,22,23,30,31)(H2,24,25,32,33)(H2,26,27,34,35)(H3,28,29,36,37,38). The SMILES string of the molecule is Cc1nc(O)c(C(c2c(O)nc(C)[nH]c2=O)C(c2c(O)nc(C)[nH]c2=O)c2c(O)[nH]c(=O)[nH]c2=O)c(=O)[nH]1. The van der Waals surface area contributed by atoms with Crippen LogP contribution in [0.25, 0.3) is 0 Å². The number of nitrogens with one attached hydrogen (secondary N) is 5. The van der Waals surface area contributed by atoms with E-state index in [0.717, 1.165) is 0 Å². The number of aromatic amines is 5. The van der Waals surface area contributed by atoms with Gasteiger partial charge in [0.05, 0.1) is 22.3 Å². The Hall–Kier alpha value is -5.48. The van der Waals surface area contributed by atoms with E-state index in [2.05, 4.69) is 29.9 Å². The molecule has 38 heavy (non-hydrogen) atoms. The van der Waals surface area contributed by atoms with Gasteiger partial charge in [-0.05, 0) is 20.8 Å².